The fourth-order valence-electron chi connectivity index (χ4n) is 2.26. The monoisotopic (exact) mass is 398 g/mol. The van der Waals surface area contributed by atoms with E-state index in [1.54, 1.807) is 11.3 Å². The topological polar surface area (TPSA) is 79.3 Å². The molecule has 2 aromatic rings. The summed E-state index contributed by atoms with van der Waals surface area (Å²) in [4.78, 5) is 27.4. The number of aliphatic carboxylic acids is 1. The molecule has 1 aromatic heterocycles. The summed E-state index contributed by atoms with van der Waals surface area (Å²) < 4.78 is 2.08. The molecule has 0 aliphatic rings. The summed E-state index contributed by atoms with van der Waals surface area (Å²) in [5.74, 6) is -1.50. The highest BCUT2D eigenvalue weighted by Gasteiger charge is 2.17. The molecule has 1 atom stereocenters. The standard InChI is InChI=1S/C16H19BrN2O3S/c1-2-3-10(16(21)22)9-18-14(20)6-7-15-19-12-8-11(17)4-5-13(12)23-15/h4-5,8,10H,2-3,6-7,9H2,1H3,(H,18,20)(H,21,22). The fraction of sp³-hybridized carbons (Fsp3) is 0.438. The van der Waals surface area contributed by atoms with E-state index in [2.05, 4.69) is 26.2 Å². The number of nitrogens with one attached hydrogen (secondary N) is 1. The van der Waals surface area contributed by atoms with Crippen LogP contribution in [0.15, 0.2) is 22.7 Å². The van der Waals surface area contributed by atoms with Crippen LogP contribution in [0.1, 0.15) is 31.2 Å². The van der Waals surface area contributed by atoms with Crippen LogP contribution < -0.4 is 5.32 Å². The summed E-state index contributed by atoms with van der Waals surface area (Å²) in [5.41, 5.74) is 0.925. The van der Waals surface area contributed by atoms with Crippen molar-refractivity contribution in [2.75, 3.05) is 6.54 Å². The van der Waals surface area contributed by atoms with Crippen LogP contribution in [-0.4, -0.2) is 28.5 Å². The van der Waals surface area contributed by atoms with E-state index in [1.807, 2.05) is 25.1 Å². The molecule has 2 N–H and O–H groups in total. The Labute approximate surface area is 147 Å². The predicted molar refractivity (Wildman–Crippen MR) is 94.7 cm³/mol. The van der Waals surface area contributed by atoms with Gasteiger partial charge in [-0.15, -0.1) is 11.3 Å². The third-order valence-electron chi connectivity index (χ3n) is 3.49. The lowest BCUT2D eigenvalue weighted by Gasteiger charge is -2.11. The number of carboxylic acids is 1. The number of thiazole rings is 1. The first-order valence-electron chi connectivity index (χ1n) is 7.54. The second-order valence-corrected chi connectivity index (χ2v) is 7.38. The molecule has 0 bridgehead atoms. The average Bonchev–Trinajstić information content (AvgIpc) is 2.91. The van der Waals surface area contributed by atoms with E-state index in [-0.39, 0.29) is 12.5 Å². The summed E-state index contributed by atoms with van der Waals surface area (Å²) >= 11 is 4.99. The largest absolute Gasteiger partial charge is 0.481 e. The van der Waals surface area contributed by atoms with Gasteiger partial charge in [-0.2, -0.15) is 0 Å². The van der Waals surface area contributed by atoms with Gasteiger partial charge in [0.15, 0.2) is 0 Å². The lowest BCUT2D eigenvalue weighted by Crippen LogP contribution is -2.33. The molecule has 124 valence electrons. The second-order valence-electron chi connectivity index (χ2n) is 5.35. The van der Waals surface area contributed by atoms with Gasteiger partial charge in [0.05, 0.1) is 21.1 Å². The van der Waals surface area contributed by atoms with E-state index in [0.29, 0.717) is 19.3 Å². The molecule has 0 radical (unpaired) electrons. The zero-order valence-corrected chi connectivity index (χ0v) is 15.2. The number of benzene rings is 1. The van der Waals surface area contributed by atoms with Gasteiger partial charge >= 0.3 is 5.97 Å². The molecule has 0 saturated carbocycles. The van der Waals surface area contributed by atoms with Gasteiger partial charge in [0.25, 0.3) is 0 Å². The van der Waals surface area contributed by atoms with Gasteiger partial charge in [-0.1, -0.05) is 29.3 Å². The number of fused-ring (bicyclic) bond motifs is 1. The quantitative estimate of drug-likeness (QED) is 0.711. The van der Waals surface area contributed by atoms with Gasteiger partial charge in [0, 0.05) is 23.9 Å². The molecule has 0 saturated heterocycles. The van der Waals surface area contributed by atoms with E-state index >= 15 is 0 Å². The van der Waals surface area contributed by atoms with E-state index in [4.69, 9.17) is 5.11 Å². The fourth-order valence-corrected chi connectivity index (χ4v) is 3.56. The van der Waals surface area contributed by atoms with Crippen molar-refractivity contribution in [2.24, 2.45) is 5.92 Å². The first-order chi connectivity index (χ1) is 11.0. The minimum absolute atomic E-state index is 0.132. The molecule has 1 aromatic carbocycles. The minimum atomic E-state index is -0.858. The van der Waals surface area contributed by atoms with Crippen LogP contribution in [-0.2, 0) is 16.0 Å². The number of aromatic nitrogens is 1. The molecule has 1 heterocycles. The number of hydrogen-bond acceptors (Lipinski definition) is 4. The highest BCUT2D eigenvalue weighted by atomic mass is 79.9. The van der Waals surface area contributed by atoms with Crippen LogP contribution in [0.25, 0.3) is 10.2 Å². The highest BCUT2D eigenvalue weighted by molar-refractivity contribution is 9.10. The third-order valence-corrected chi connectivity index (χ3v) is 5.08. The number of carboxylic acid groups (broad SMARTS) is 1. The Balaban J connectivity index is 1.84. The molecule has 23 heavy (non-hydrogen) atoms. The van der Waals surface area contributed by atoms with Crippen LogP contribution in [0.3, 0.4) is 0 Å². The summed E-state index contributed by atoms with van der Waals surface area (Å²) in [6, 6.07) is 5.93. The molecule has 0 spiro atoms. The lowest BCUT2D eigenvalue weighted by molar-refractivity contribution is -0.141. The van der Waals surface area contributed by atoms with Crippen molar-refractivity contribution in [1.82, 2.24) is 10.3 Å². The number of rotatable bonds is 8. The molecule has 1 unspecified atom stereocenters. The van der Waals surface area contributed by atoms with Crippen LogP contribution >= 0.6 is 27.3 Å². The first-order valence-corrected chi connectivity index (χ1v) is 9.15. The molecule has 0 fully saturated rings. The van der Waals surface area contributed by atoms with Gasteiger partial charge in [-0.25, -0.2) is 4.98 Å². The summed E-state index contributed by atoms with van der Waals surface area (Å²) in [7, 11) is 0. The Morgan fingerprint density at radius 2 is 2.22 bits per heavy atom. The summed E-state index contributed by atoms with van der Waals surface area (Å²) in [5, 5.41) is 12.7. The normalized spacial score (nSPS) is 12.3. The van der Waals surface area contributed by atoms with E-state index < -0.39 is 11.9 Å². The molecule has 5 nitrogen and oxygen atoms in total. The average molecular weight is 399 g/mol. The summed E-state index contributed by atoms with van der Waals surface area (Å²) in [6.45, 7) is 2.12. The molecule has 0 aliphatic carbocycles. The zero-order valence-electron chi connectivity index (χ0n) is 12.8. The van der Waals surface area contributed by atoms with Gasteiger partial charge in [0.1, 0.15) is 0 Å². The van der Waals surface area contributed by atoms with Crippen molar-refractivity contribution in [3.05, 3.63) is 27.7 Å². The zero-order chi connectivity index (χ0) is 16.8. The smallest absolute Gasteiger partial charge is 0.308 e. The molecule has 0 aliphatic heterocycles. The number of hydrogen-bond donors (Lipinski definition) is 2. The Morgan fingerprint density at radius 3 is 2.91 bits per heavy atom. The van der Waals surface area contributed by atoms with Crippen LogP contribution in [0.4, 0.5) is 0 Å². The van der Waals surface area contributed by atoms with Crippen molar-refractivity contribution in [1.29, 1.82) is 0 Å². The Kier molecular flexibility index (Phi) is 6.53. The van der Waals surface area contributed by atoms with Crippen molar-refractivity contribution < 1.29 is 14.7 Å². The third kappa shape index (κ3) is 5.28. The maximum Gasteiger partial charge on any atom is 0.308 e. The SMILES string of the molecule is CCCC(CNC(=O)CCc1nc2cc(Br)ccc2s1)C(=O)O. The number of aryl methyl sites for hydroxylation is 1. The Bertz CT molecular complexity index is 702. The minimum Gasteiger partial charge on any atom is -0.481 e. The number of carbonyl (C=O) groups is 2. The van der Waals surface area contributed by atoms with Gasteiger partial charge in [0.2, 0.25) is 5.91 Å². The van der Waals surface area contributed by atoms with E-state index in [9.17, 15) is 9.59 Å². The van der Waals surface area contributed by atoms with E-state index in [0.717, 1.165) is 26.1 Å². The summed E-state index contributed by atoms with van der Waals surface area (Å²) in [6.07, 6.45) is 2.24. The maximum atomic E-state index is 11.9. The van der Waals surface area contributed by atoms with E-state index in [1.165, 1.54) is 0 Å². The highest BCUT2D eigenvalue weighted by Crippen LogP contribution is 2.25. The van der Waals surface area contributed by atoms with Crippen LogP contribution in [0.2, 0.25) is 0 Å². The molecule has 7 heteroatoms. The molecule has 1 amide bonds. The van der Waals surface area contributed by atoms with Crippen molar-refractivity contribution in [3.8, 4) is 0 Å². The van der Waals surface area contributed by atoms with Gasteiger partial charge < -0.3 is 10.4 Å². The number of nitrogens with zero attached hydrogens (tertiary/aromatic N) is 1. The van der Waals surface area contributed by atoms with Gasteiger partial charge in [-0.3, -0.25) is 9.59 Å². The molecule has 2 rings (SSSR count). The predicted octanol–water partition coefficient (Wildman–Crippen LogP) is 3.61. The maximum absolute atomic E-state index is 11.9. The second kappa shape index (κ2) is 8.40. The van der Waals surface area contributed by atoms with Gasteiger partial charge in [-0.05, 0) is 24.6 Å². The Morgan fingerprint density at radius 1 is 1.43 bits per heavy atom. The van der Waals surface area contributed by atoms with Crippen LogP contribution in [0.5, 0.6) is 0 Å². The number of carbonyl (C=O) groups excluding carboxylic acids is 1. The van der Waals surface area contributed by atoms with Crippen LogP contribution in [0, 0.1) is 5.92 Å². The van der Waals surface area contributed by atoms with Crippen molar-refractivity contribution in [3.63, 3.8) is 0 Å². The first kappa shape index (κ1) is 17.9. The number of amides is 1. The molecular formula is C16H19BrN2O3S. The van der Waals surface area contributed by atoms with Crippen molar-refractivity contribution in [2.45, 2.75) is 32.6 Å². The lowest BCUT2D eigenvalue weighted by atomic mass is 10.0. The number of halogens is 1. The Hall–Kier alpha value is -1.47. The molecular weight excluding hydrogens is 380 g/mol. The van der Waals surface area contributed by atoms with Crippen molar-refractivity contribution >= 4 is 49.4 Å².